The minimum Gasteiger partial charge on any atom is -0.493 e. The molecule has 1 aromatic carbocycles. The van der Waals surface area contributed by atoms with E-state index < -0.39 is 0 Å². The van der Waals surface area contributed by atoms with Crippen molar-refractivity contribution in [1.29, 1.82) is 0 Å². The summed E-state index contributed by atoms with van der Waals surface area (Å²) in [5, 5.41) is 0. The van der Waals surface area contributed by atoms with E-state index in [1.54, 1.807) is 0 Å². The Kier molecular flexibility index (Phi) is 5.49. The summed E-state index contributed by atoms with van der Waals surface area (Å²) in [6, 6.07) is 4.23. The van der Waals surface area contributed by atoms with Crippen molar-refractivity contribution in [2.24, 2.45) is 11.7 Å². The van der Waals surface area contributed by atoms with Crippen molar-refractivity contribution in [3.05, 3.63) is 28.8 Å². The van der Waals surface area contributed by atoms with E-state index in [9.17, 15) is 0 Å². The van der Waals surface area contributed by atoms with E-state index in [2.05, 4.69) is 39.8 Å². The van der Waals surface area contributed by atoms with Crippen LogP contribution in [0.5, 0.6) is 5.75 Å². The molecule has 0 saturated carbocycles. The lowest BCUT2D eigenvalue weighted by atomic mass is 10.1. The van der Waals surface area contributed by atoms with Gasteiger partial charge in [-0.15, -0.1) is 0 Å². The number of aryl methyl sites for hydroxylation is 2. The normalized spacial score (nSPS) is 10.9. The molecule has 0 amide bonds. The van der Waals surface area contributed by atoms with Crippen LogP contribution < -0.4 is 10.5 Å². The molecule has 2 N–H and O–H groups in total. The third kappa shape index (κ3) is 4.39. The Hall–Kier alpha value is -1.02. The second-order valence-corrected chi connectivity index (χ2v) is 5.15. The first-order chi connectivity index (χ1) is 8.04. The fourth-order valence-electron chi connectivity index (χ4n) is 2.05. The maximum atomic E-state index is 5.88. The number of hydrogen-bond donors (Lipinski definition) is 1. The van der Waals surface area contributed by atoms with Crippen LogP contribution in [0.4, 0.5) is 0 Å². The zero-order valence-corrected chi connectivity index (χ0v) is 11.5. The molecule has 0 aliphatic rings. The van der Waals surface area contributed by atoms with Gasteiger partial charge in [0.05, 0.1) is 6.61 Å². The van der Waals surface area contributed by atoms with E-state index in [0.29, 0.717) is 6.54 Å². The molecule has 1 aromatic rings. The van der Waals surface area contributed by atoms with Crippen molar-refractivity contribution in [3.63, 3.8) is 0 Å². The third-order valence-corrected chi connectivity index (χ3v) is 2.93. The summed E-state index contributed by atoms with van der Waals surface area (Å²) >= 11 is 0. The highest BCUT2D eigenvalue weighted by Gasteiger charge is 2.06. The molecule has 0 aromatic heterocycles. The minimum atomic E-state index is 0.593. The fourth-order valence-corrected chi connectivity index (χ4v) is 2.05. The summed E-state index contributed by atoms with van der Waals surface area (Å²) < 4.78 is 5.88. The predicted molar refractivity (Wildman–Crippen MR) is 73.4 cm³/mol. The molecule has 2 heteroatoms. The second kappa shape index (κ2) is 6.65. The average molecular weight is 235 g/mol. The first kappa shape index (κ1) is 14.0. The molecule has 1 rings (SSSR count). The van der Waals surface area contributed by atoms with Gasteiger partial charge in [-0.25, -0.2) is 0 Å². The standard InChI is InChI=1S/C15H25NO/c1-11(2)6-5-7-17-15-12(3)8-14(10-16)9-13(15)4/h8-9,11H,5-7,10,16H2,1-4H3. The summed E-state index contributed by atoms with van der Waals surface area (Å²) in [6.07, 6.45) is 2.34. The van der Waals surface area contributed by atoms with Crippen LogP contribution in [0.3, 0.4) is 0 Å². The molecular weight excluding hydrogens is 210 g/mol. The smallest absolute Gasteiger partial charge is 0.125 e. The maximum Gasteiger partial charge on any atom is 0.125 e. The highest BCUT2D eigenvalue weighted by atomic mass is 16.5. The molecule has 0 saturated heterocycles. The lowest BCUT2D eigenvalue weighted by Crippen LogP contribution is -2.04. The van der Waals surface area contributed by atoms with Gasteiger partial charge in [-0.1, -0.05) is 26.0 Å². The molecule has 17 heavy (non-hydrogen) atoms. The fraction of sp³-hybridized carbons (Fsp3) is 0.600. The zero-order valence-electron chi connectivity index (χ0n) is 11.5. The van der Waals surface area contributed by atoms with Crippen LogP contribution in [0.1, 0.15) is 43.4 Å². The van der Waals surface area contributed by atoms with Crippen LogP contribution in [0, 0.1) is 19.8 Å². The molecule has 0 aliphatic carbocycles. The SMILES string of the molecule is Cc1cc(CN)cc(C)c1OCCCC(C)C. The van der Waals surface area contributed by atoms with Gasteiger partial charge in [-0.2, -0.15) is 0 Å². The lowest BCUT2D eigenvalue weighted by molar-refractivity contribution is 0.294. The number of rotatable bonds is 6. The average Bonchev–Trinajstić information content (AvgIpc) is 2.26. The largest absolute Gasteiger partial charge is 0.493 e. The van der Waals surface area contributed by atoms with Crippen molar-refractivity contribution in [1.82, 2.24) is 0 Å². The maximum absolute atomic E-state index is 5.88. The molecule has 96 valence electrons. The molecule has 0 bridgehead atoms. The summed E-state index contributed by atoms with van der Waals surface area (Å²) in [5.74, 6) is 1.78. The first-order valence-electron chi connectivity index (χ1n) is 6.47. The van der Waals surface area contributed by atoms with E-state index in [0.717, 1.165) is 24.7 Å². The van der Waals surface area contributed by atoms with E-state index in [1.165, 1.54) is 23.1 Å². The van der Waals surface area contributed by atoms with Gasteiger partial charge in [0, 0.05) is 6.54 Å². The van der Waals surface area contributed by atoms with Crippen molar-refractivity contribution in [2.75, 3.05) is 6.61 Å². The Morgan fingerprint density at radius 2 is 1.76 bits per heavy atom. The monoisotopic (exact) mass is 235 g/mol. The number of nitrogens with two attached hydrogens (primary N) is 1. The molecule has 0 unspecified atom stereocenters. The number of benzene rings is 1. The van der Waals surface area contributed by atoms with Crippen LogP contribution in [-0.2, 0) is 6.54 Å². The lowest BCUT2D eigenvalue weighted by Gasteiger charge is -2.14. The van der Waals surface area contributed by atoms with Gasteiger partial charge in [-0.3, -0.25) is 0 Å². The Morgan fingerprint density at radius 3 is 2.24 bits per heavy atom. The molecule has 0 aliphatic heterocycles. The molecule has 0 spiro atoms. The van der Waals surface area contributed by atoms with Crippen LogP contribution in [0.15, 0.2) is 12.1 Å². The van der Waals surface area contributed by atoms with Crippen LogP contribution in [-0.4, -0.2) is 6.61 Å². The highest BCUT2D eigenvalue weighted by Crippen LogP contribution is 2.25. The number of hydrogen-bond acceptors (Lipinski definition) is 2. The van der Waals surface area contributed by atoms with Gasteiger partial charge in [0.25, 0.3) is 0 Å². The summed E-state index contributed by atoms with van der Waals surface area (Å²) in [6.45, 7) is 10.1. The van der Waals surface area contributed by atoms with E-state index in [-0.39, 0.29) is 0 Å². The van der Waals surface area contributed by atoms with Gasteiger partial charge in [0.2, 0.25) is 0 Å². The Morgan fingerprint density at radius 1 is 1.18 bits per heavy atom. The quantitative estimate of drug-likeness (QED) is 0.765. The highest BCUT2D eigenvalue weighted by molar-refractivity contribution is 5.43. The Labute approximate surface area is 105 Å². The van der Waals surface area contributed by atoms with Crippen LogP contribution in [0.2, 0.25) is 0 Å². The van der Waals surface area contributed by atoms with E-state index in [1.807, 2.05) is 0 Å². The van der Waals surface area contributed by atoms with E-state index in [4.69, 9.17) is 10.5 Å². The third-order valence-electron chi connectivity index (χ3n) is 2.93. The van der Waals surface area contributed by atoms with E-state index >= 15 is 0 Å². The van der Waals surface area contributed by atoms with Crippen molar-refractivity contribution in [3.8, 4) is 5.75 Å². The molecule has 0 atom stereocenters. The summed E-state index contributed by atoms with van der Waals surface area (Å²) in [5.41, 5.74) is 9.21. The van der Waals surface area contributed by atoms with Gasteiger partial charge in [0.1, 0.15) is 5.75 Å². The topological polar surface area (TPSA) is 35.2 Å². The molecular formula is C15H25NO. The van der Waals surface area contributed by atoms with Gasteiger partial charge in [0.15, 0.2) is 0 Å². The summed E-state index contributed by atoms with van der Waals surface area (Å²) in [7, 11) is 0. The molecule has 0 fully saturated rings. The molecule has 2 nitrogen and oxygen atoms in total. The first-order valence-corrected chi connectivity index (χ1v) is 6.47. The second-order valence-electron chi connectivity index (χ2n) is 5.15. The van der Waals surface area contributed by atoms with Gasteiger partial charge >= 0.3 is 0 Å². The van der Waals surface area contributed by atoms with Crippen LogP contribution in [0.25, 0.3) is 0 Å². The molecule has 0 radical (unpaired) electrons. The van der Waals surface area contributed by atoms with Crippen LogP contribution >= 0.6 is 0 Å². The van der Waals surface area contributed by atoms with Gasteiger partial charge < -0.3 is 10.5 Å². The summed E-state index contributed by atoms with van der Waals surface area (Å²) in [4.78, 5) is 0. The zero-order chi connectivity index (χ0) is 12.8. The predicted octanol–water partition coefficient (Wildman–Crippen LogP) is 3.58. The minimum absolute atomic E-state index is 0.593. The Balaban J connectivity index is 2.59. The Bertz CT molecular complexity index is 335. The van der Waals surface area contributed by atoms with Crippen molar-refractivity contribution < 1.29 is 4.74 Å². The van der Waals surface area contributed by atoms with Gasteiger partial charge in [-0.05, 0) is 49.3 Å². The van der Waals surface area contributed by atoms with Crippen molar-refractivity contribution >= 4 is 0 Å². The number of ether oxygens (including phenoxy) is 1. The van der Waals surface area contributed by atoms with Crippen molar-refractivity contribution in [2.45, 2.75) is 47.1 Å². The molecule has 0 heterocycles.